The molecule has 0 aliphatic heterocycles. The molecule has 0 fully saturated rings. The largest absolute Gasteiger partial charge is 0.340 e. The van der Waals surface area contributed by atoms with Crippen LogP contribution in [0.4, 0.5) is 17.2 Å². The summed E-state index contributed by atoms with van der Waals surface area (Å²) in [6, 6.07) is 13.9. The Bertz CT molecular complexity index is 780. The van der Waals surface area contributed by atoms with Gasteiger partial charge >= 0.3 is 0 Å². The molecule has 1 aromatic heterocycles. The minimum absolute atomic E-state index is 0.0951. The summed E-state index contributed by atoms with van der Waals surface area (Å²) in [5, 5.41) is 11.9. The van der Waals surface area contributed by atoms with Gasteiger partial charge in [0, 0.05) is 11.4 Å². The van der Waals surface area contributed by atoms with Gasteiger partial charge < -0.3 is 5.32 Å². The molecule has 0 unspecified atom stereocenters. The molecular weight excluding hydrogens is 300 g/mol. The molecule has 0 radical (unpaired) electrons. The fourth-order valence-electron chi connectivity index (χ4n) is 1.84. The highest BCUT2D eigenvalue weighted by Crippen LogP contribution is 2.18. The Morgan fingerprint density at radius 2 is 1.82 bits per heavy atom. The predicted molar refractivity (Wildman–Crippen MR) is 86.4 cm³/mol. The normalized spacial score (nSPS) is 10.7. The van der Waals surface area contributed by atoms with E-state index >= 15 is 0 Å². The number of pyridine rings is 1. The Morgan fingerprint density at radius 3 is 2.45 bits per heavy atom. The smallest absolute Gasteiger partial charge is 0.232 e. The van der Waals surface area contributed by atoms with Crippen LogP contribution in [0.1, 0.15) is 19.0 Å². The predicted octanol–water partition coefficient (Wildman–Crippen LogP) is 2.85. The maximum absolute atomic E-state index is 11.7. The lowest BCUT2D eigenvalue weighted by Gasteiger charge is -2.09. The maximum atomic E-state index is 11.7. The van der Waals surface area contributed by atoms with Crippen molar-refractivity contribution >= 4 is 27.2 Å². The van der Waals surface area contributed by atoms with Crippen LogP contribution < -0.4 is 10.0 Å². The lowest BCUT2D eigenvalue weighted by Crippen LogP contribution is -2.15. The number of aromatic nitrogens is 1. The molecule has 1 aromatic carbocycles. The fraction of sp³-hybridized carbons (Fsp3) is 0.200. The molecule has 2 rings (SSSR count). The zero-order valence-electron chi connectivity index (χ0n) is 12.1. The highest BCUT2D eigenvalue weighted by Gasteiger charge is 2.08. The van der Waals surface area contributed by atoms with Crippen molar-refractivity contribution in [2.75, 3.05) is 15.8 Å². The van der Waals surface area contributed by atoms with Gasteiger partial charge in [-0.2, -0.15) is 5.26 Å². The molecule has 0 spiro atoms. The molecule has 0 saturated heterocycles. The fourth-order valence-corrected chi connectivity index (χ4v) is 2.97. The monoisotopic (exact) mass is 316 g/mol. The van der Waals surface area contributed by atoms with Gasteiger partial charge in [-0.15, -0.1) is 0 Å². The number of nitrogens with one attached hydrogen (secondary N) is 2. The SMILES string of the molecule is CCCS(=O)(=O)Nc1ccc(Nc2cccc(C#N)n2)cc1. The minimum atomic E-state index is -3.28. The van der Waals surface area contributed by atoms with E-state index in [0.29, 0.717) is 23.6 Å². The molecule has 6 nitrogen and oxygen atoms in total. The van der Waals surface area contributed by atoms with Gasteiger partial charge in [0.15, 0.2) is 0 Å². The van der Waals surface area contributed by atoms with Crippen LogP contribution in [0.15, 0.2) is 42.5 Å². The second kappa shape index (κ2) is 6.91. The number of nitriles is 1. The van der Waals surface area contributed by atoms with Crippen LogP contribution in [0.5, 0.6) is 0 Å². The van der Waals surface area contributed by atoms with Crippen molar-refractivity contribution < 1.29 is 8.42 Å². The van der Waals surface area contributed by atoms with E-state index in [2.05, 4.69) is 15.0 Å². The topological polar surface area (TPSA) is 94.9 Å². The van der Waals surface area contributed by atoms with Crippen LogP contribution in [0.2, 0.25) is 0 Å². The van der Waals surface area contributed by atoms with E-state index in [0.717, 1.165) is 5.69 Å². The van der Waals surface area contributed by atoms with Gasteiger partial charge in [0.25, 0.3) is 0 Å². The third-order valence-corrected chi connectivity index (χ3v) is 4.26. The lowest BCUT2D eigenvalue weighted by atomic mass is 10.3. The van der Waals surface area contributed by atoms with Crippen molar-refractivity contribution in [2.45, 2.75) is 13.3 Å². The first kappa shape index (κ1) is 15.8. The Hall–Kier alpha value is -2.59. The molecular formula is C15H16N4O2S. The summed E-state index contributed by atoms with van der Waals surface area (Å²) in [7, 11) is -3.28. The third kappa shape index (κ3) is 4.46. The number of hydrogen-bond donors (Lipinski definition) is 2. The second-order valence-corrected chi connectivity index (χ2v) is 6.49. The summed E-state index contributed by atoms with van der Waals surface area (Å²) in [5.41, 5.74) is 1.59. The molecule has 0 aliphatic rings. The molecule has 7 heteroatoms. The average molecular weight is 316 g/mol. The second-order valence-electron chi connectivity index (χ2n) is 4.64. The molecule has 22 heavy (non-hydrogen) atoms. The van der Waals surface area contributed by atoms with Gasteiger partial charge in [-0.1, -0.05) is 13.0 Å². The van der Waals surface area contributed by atoms with Gasteiger partial charge in [-0.3, -0.25) is 4.72 Å². The van der Waals surface area contributed by atoms with Crippen molar-refractivity contribution in [3.8, 4) is 6.07 Å². The van der Waals surface area contributed by atoms with Crippen molar-refractivity contribution in [2.24, 2.45) is 0 Å². The number of nitrogens with zero attached hydrogens (tertiary/aromatic N) is 2. The van der Waals surface area contributed by atoms with Crippen LogP contribution in [0.3, 0.4) is 0 Å². The zero-order chi connectivity index (χ0) is 16.0. The van der Waals surface area contributed by atoms with E-state index in [1.54, 1.807) is 42.5 Å². The molecule has 0 amide bonds. The van der Waals surface area contributed by atoms with Crippen LogP contribution >= 0.6 is 0 Å². The first-order valence-electron chi connectivity index (χ1n) is 6.77. The van der Waals surface area contributed by atoms with E-state index in [9.17, 15) is 8.42 Å². The van der Waals surface area contributed by atoms with Crippen molar-refractivity contribution in [1.29, 1.82) is 5.26 Å². The first-order chi connectivity index (χ1) is 10.5. The van der Waals surface area contributed by atoms with E-state index in [1.165, 1.54) is 0 Å². The average Bonchev–Trinajstić information content (AvgIpc) is 2.49. The number of anilines is 3. The van der Waals surface area contributed by atoms with E-state index in [4.69, 9.17) is 5.26 Å². The van der Waals surface area contributed by atoms with Crippen LogP contribution in [0.25, 0.3) is 0 Å². The number of benzene rings is 1. The standard InChI is InChI=1S/C15H16N4O2S/c1-2-10-22(20,21)19-13-8-6-12(7-9-13)17-15-5-3-4-14(11-16)18-15/h3-9,19H,2,10H2,1H3,(H,17,18). The molecule has 1 heterocycles. The quantitative estimate of drug-likeness (QED) is 0.854. The third-order valence-electron chi connectivity index (χ3n) is 2.77. The molecule has 0 atom stereocenters. The van der Waals surface area contributed by atoms with Gasteiger partial charge in [0.05, 0.1) is 5.75 Å². The molecule has 2 N–H and O–H groups in total. The van der Waals surface area contributed by atoms with E-state index in [-0.39, 0.29) is 5.75 Å². The number of rotatable bonds is 6. The summed E-state index contributed by atoms with van der Waals surface area (Å²) in [4.78, 5) is 4.11. The van der Waals surface area contributed by atoms with Crippen molar-refractivity contribution in [1.82, 2.24) is 4.98 Å². The molecule has 0 aliphatic carbocycles. The highest BCUT2D eigenvalue weighted by molar-refractivity contribution is 7.92. The summed E-state index contributed by atoms with van der Waals surface area (Å²) < 4.78 is 25.9. The van der Waals surface area contributed by atoms with Crippen molar-refractivity contribution in [3.63, 3.8) is 0 Å². The zero-order valence-corrected chi connectivity index (χ0v) is 12.9. The van der Waals surface area contributed by atoms with Gasteiger partial charge in [0.2, 0.25) is 10.0 Å². The van der Waals surface area contributed by atoms with Crippen molar-refractivity contribution in [3.05, 3.63) is 48.2 Å². The van der Waals surface area contributed by atoms with E-state index < -0.39 is 10.0 Å². The van der Waals surface area contributed by atoms with Crippen LogP contribution in [-0.2, 0) is 10.0 Å². The molecule has 2 aromatic rings. The molecule has 114 valence electrons. The summed E-state index contributed by atoms with van der Waals surface area (Å²) in [6.45, 7) is 1.81. The van der Waals surface area contributed by atoms with Gasteiger partial charge in [0.1, 0.15) is 17.6 Å². The lowest BCUT2D eigenvalue weighted by molar-refractivity contribution is 0.600. The Labute approximate surface area is 129 Å². The first-order valence-corrected chi connectivity index (χ1v) is 8.42. The highest BCUT2D eigenvalue weighted by atomic mass is 32.2. The molecule has 0 bridgehead atoms. The summed E-state index contributed by atoms with van der Waals surface area (Å²) >= 11 is 0. The molecule has 0 saturated carbocycles. The Morgan fingerprint density at radius 1 is 1.14 bits per heavy atom. The minimum Gasteiger partial charge on any atom is -0.340 e. The number of sulfonamides is 1. The Kier molecular flexibility index (Phi) is 4.96. The summed E-state index contributed by atoms with van der Waals surface area (Å²) in [6.07, 6.45) is 0.565. The van der Waals surface area contributed by atoms with Gasteiger partial charge in [-0.05, 0) is 42.8 Å². The Balaban J connectivity index is 2.07. The van der Waals surface area contributed by atoms with Gasteiger partial charge in [-0.25, -0.2) is 13.4 Å². The van der Waals surface area contributed by atoms with Crippen LogP contribution in [0, 0.1) is 11.3 Å². The van der Waals surface area contributed by atoms with Crippen LogP contribution in [-0.4, -0.2) is 19.2 Å². The summed E-state index contributed by atoms with van der Waals surface area (Å²) in [5.74, 6) is 0.649. The van der Waals surface area contributed by atoms with E-state index in [1.807, 2.05) is 13.0 Å². The number of hydrogen-bond acceptors (Lipinski definition) is 5. The maximum Gasteiger partial charge on any atom is 0.232 e.